The van der Waals surface area contributed by atoms with Crippen LogP contribution >= 0.6 is 11.6 Å². The van der Waals surface area contributed by atoms with Crippen LogP contribution in [0.15, 0.2) is 53.9 Å². The maximum Gasteiger partial charge on any atom is 0.263 e. The molecule has 0 aliphatic heterocycles. The fourth-order valence-electron chi connectivity index (χ4n) is 1.49. The number of benzene rings is 1. The van der Waals surface area contributed by atoms with Crippen LogP contribution < -0.4 is 10.0 Å². The van der Waals surface area contributed by atoms with Gasteiger partial charge >= 0.3 is 0 Å². The van der Waals surface area contributed by atoms with Crippen molar-refractivity contribution in [2.24, 2.45) is 0 Å². The molecule has 0 saturated carbocycles. The molecule has 8 heteroatoms. The van der Waals surface area contributed by atoms with Crippen LogP contribution in [0.3, 0.4) is 0 Å². The van der Waals surface area contributed by atoms with Crippen LogP contribution in [-0.2, 0) is 10.0 Å². The van der Waals surface area contributed by atoms with E-state index in [4.69, 9.17) is 11.6 Å². The average molecular weight is 325 g/mol. The van der Waals surface area contributed by atoms with Crippen molar-refractivity contribution in [1.29, 1.82) is 0 Å². The molecule has 0 amide bonds. The minimum absolute atomic E-state index is 0.0608. The molecule has 1 aromatic heterocycles. The lowest BCUT2D eigenvalue weighted by Gasteiger charge is -2.07. The van der Waals surface area contributed by atoms with Gasteiger partial charge in [-0.2, -0.15) is 0 Å². The third-order valence-corrected chi connectivity index (χ3v) is 4.02. The van der Waals surface area contributed by atoms with Crippen molar-refractivity contribution in [3.8, 4) is 0 Å². The number of sulfonamides is 1. The van der Waals surface area contributed by atoms with Gasteiger partial charge in [0.1, 0.15) is 5.82 Å². The average Bonchev–Trinajstić information content (AvgIpc) is 2.46. The monoisotopic (exact) mass is 324 g/mol. The molecule has 0 saturated heterocycles. The quantitative estimate of drug-likeness (QED) is 0.798. The van der Waals surface area contributed by atoms with Crippen LogP contribution in [0.1, 0.15) is 0 Å². The summed E-state index contributed by atoms with van der Waals surface area (Å²) >= 11 is 5.79. The van der Waals surface area contributed by atoms with Crippen molar-refractivity contribution >= 4 is 33.3 Å². The molecule has 2 N–H and O–H groups in total. The number of hydrogen-bond acceptors (Lipinski definition) is 5. The number of hydrogen-bond donors (Lipinski definition) is 2. The molecule has 2 aromatic rings. The SMILES string of the molecule is C=CCNc1ccc(NS(=O)(=O)c2cccc(Cl)c2)nn1. The van der Waals surface area contributed by atoms with E-state index in [0.717, 1.165) is 0 Å². The Bertz CT molecular complexity index is 732. The van der Waals surface area contributed by atoms with Gasteiger partial charge in [-0.1, -0.05) is 23.7 Å². The Morgan fingerprint density at radius 2 is 1.90 bits per heavy atom. The summed E-state index contributed by atoms with van der Waals surface area (Å²) in [4.78, 5) is 0.0608. The summed E-state index contributed by atoms with van der Waals surface area (Å²) in [5.74, 6) is 0.653. The van der Waals surface area contributed by atoms with Gasteiger partial charge in [0, 0.05) is 11.6 Å². The highest BCUT2D eigenvalue weighted by Gasteiger charge is 2.15. The highest BCUT2D eigenvalue weighted by atomic mass is 35.5. The van der Waals surface area contributed by atoms with Crippen molar-refractivity contribution in [1.82, 2.24) is 10.2 Å². The Labute approximate surface area is 127 Å². The Balaban J connectivity index is 2.15. The summed E-state index contributed by atoms with van der Waals surface area (Å²) in [6.07, 6.45) is 1.68. The van der Waals surface area contributed by atoms with Crippen molar-refractivity contribution in [3.05, 3.63) is 54.1 Å². The minimum Gasteiger partial charge on any atom is -0.365 e. The molecule has 110 valence electrons. The third kappa shape index (κ3) is 4.17. The highest BCUT2D eigenvalue weighted by Crippen LogP contribution is 2.18. The van der Waals surface area contributed by atoms with Gasteiger partial charge in [-0.25, -0.2) is 8.42 Å². The van der Waals surface area contributed by atoms with E-state index in [0.29, 0.717) is 17.4 Å². The lowest BCUT2D eigenvalue weighted by Crippen LogP contribution is -2.14. The number of nitrogens with zero attached hydrogens (tertiary/aromatic N) is 2. The van der Waals surface area contributed by atoms with Gasteiger partial charge in [-0.15, -0.1) is 16.8 Å². The van der Waals surface area contributed by atoms with E-state index in [1.54, 1.807) is 24.3 Å². The first kappa shape index (κ1) is 15.3. The van der Waals surface area contributed by atoms with Crippen LogP contribution in [0.4, 0.5) is 11.6 Å². The second-order valence-electron chi connectivity index (χ2n) is 4.04. The predicted octanol–water partition coefficient (Wildman–Crippen LogP) is 2.53. The van der Waals surface area contributed by atoms with Crippen LogP contribution in [0.25, 0.3) is 0 Å². The Morgan fingerprint density at radius 3 is 2.52 bits per heavy atom. The predicted molar refractivity (Wildman–Crippen MR) is 83.0 cm³/mol. The van der Waals surface area contributed by atoms with Crippen LogP contribution in [-0.4, -0.2) is 25.2 Å². The van der Waals surface area contributed by atoms with Gasteiger partial charge in [0.05, 0.1) is 4.90 Å². The molecule has 0 fully saturated rings. The highest BCUT2D eigenvalue weighted by molar-refractivity contribution is 7.92. The van der Waals surface area contributed by atoms with E-state index in [2.05, 4.69) is 26.8 Å². The summed E-state index contributed by atoms with van der Waals surface area (Å²) in [6, 6.07) is 9.09. The van der Waals surface area contributed by atoms with Crippen molar-refractivity contribution in [2.75, 3.05) is 16.6 Å². The number of anilines is 2. The normalized spacial score (nSPS) is 10.9. The maximum absolute atomic E-state index is 12.1. The van der Waals surface area contributed by atoms with E-state index >= 15 is 0 Å². The molecule has 0 radical (unpaired) electrons. The van der Waals surface area contributed by atoms with Crippen molar-refractivity contribution in [3.63, 3.8) is 0 Å². The summed E-state index contributed by atoms with van der Waals surface area (Å²) in [5, 5.41) is 10.9. The van der Waals surface area contributed by atoms with E-state index in [1.807, 2.05) is 0 Å². The molecule has 0 spiro atoms. The molecule has 2 rings (SSSR count). The Kier molecular flexibility index (Phi) is 4.77. The molecule has 0 aliphatic carbocycles. The third-order valence-electron chi connectivity index (χ3n) is 2.44. The summed E-state index contributed by atoms with van der Waals surface area (Å²) in [7, 11) is -3.74. The topological polar surface area (TPSA) is 84.0 Å². The Morgan fingerprint density at radius 1 is 1.19 bits per heavy atom. The summed E-state index contributed by atoms with van der Waals surface area (Å²) < 4.78 is 26.6. The van der Waals surface area contributed by atoms with E-state index in [1.165, 1.54) is 18.2 Å². The number of aromatic nitrogens is 2. The second kappa shape index (κ2) is 6.55. The molecular formula is C13H13ClN4O2S. The molecule has 0 unspecified atom stereocenters. The number of nitrogens with one attached hydrogen (secondary N) is 2. The largest absolute Gasteiger partial charge is 0.365 e. The number of halogens is 1. The van der Waals surface area contributed by atoms with Gasteiger partial charge in [0.15, 0.2) is 5.82 Å². The summed E-state index contributed by atoms with van der Waals surface area (Å²) in [6.45, 7) is 4.11. The zero-order valence-electron chi connectivity index (χ0n) is 11.0. The molecule has 6 nitrogen and oxygen atoms in total. The van der Waals surface area contributed by atoms with Gasteiger partial charge in [0.2, 0.25) is 0 Å². The zero-order chi connectivity index (χ0) is 15.3. The molecule has 0 aliphatic rings. The zero-order valence-corrected chi connectivity index (χ0v) is 12.5. The van der Waals surface area contributed by atoms with Crippen molar-refractivity contribution < 1.29 is 8.42 Å². The first-order valence-corrected chi connectivity index (χ1v) is 7.84. The second-order valence-corrected chi connectivity index (χ2v) is 6.16. The molecule has 21 heavy (non-hydrogen) atoms. The molecule has 1 aromatic carbocycles. The van der Waals surface area contributed by atoms with Gasteiger partial charge in [0.25, 0.3) is 10.0 Å². The molecular weight excluding hydrogens is 312 g/mol. The van der Waals surface area contributed by atoms with Gasteiger partial charge in [-0.05, 0) is 30.3 Å². The minimum atomic E-state index is -3.74. The fourth-order valence-corrected chi connectivity index (χ4v) is 2.79. The maximum atomic E-state index is 12.1. The Hall–Kier alpha value is -2.12. The van der Waals surface area contributed by atoms with Crippen LogP contribution in [0.2, 0.25) is 5.02 Å². The van der Waals surface area contributed by atoms with Crippen LogP contribution in [0, 0.1) is 0 Å². The van der Waals surface area contributed by atoms with Crippen LogP contribution in [0.5, 0.6) is 0 Å². The molecule has 0 bridgehead atoms. The standard InChI is InChI=1S/C13H13ClN4O2S/c1-2-8-15-12-6-7-13(17-16-12)18-21(19,20)11-5-3-4-10(14)9-11/h2-7,9H,1,8H2,(H,15,16)(H,17,18). The molecule has 0 atom stereocenters. The molecule has 1 heterocycles. The fraction of sp³-hybridized carbons (Fsp3) is 0.0769. The van der Waals surface area contributed by atoms with Crippen molar-refractivity contribution in [2.45, 2.75) is 4.90 Å². The van der Waals surface area contributed by atoms with E-state index < -0.39 is 10.0 Å². The lowest BCUT2D eigenvalue weighted by atomic mass is 10.4. The first-order chi connectivity index (χ1) is 10.0. The number of rotatable bonds is 6. The summed E-state index contributed by atoms with van der Waals surface area (Å²) in [5.41, 5.74) is 0. The first-order valence-electron chi connectivity index (χ1n) is 5.98. The lowest BCUT2D eigenvalue weighted by molar-refractivity contribution is 0.601. The van der Waals surface area contributed by atoms with E-state index in [9.17, 15) is 8.42 Å². The van der Waals surface area contributed by atoms with Gasteiger partial charge < -0.3 is 5.32 Å². The smallest absolute Gasteiger partial charge is 0.263 e. The van der Waals surface area contributed by atoms with Gasteiger partial charge in [-0.3, -0.25) is 4.72 Å². The van der Waals surface area contributed by atoms with E-state index in [-0.39, 0.29) is 10.7 Å².